The summed E-state index contributed by atoms with van der Waals surface area (Å²) >= 11 is 5.88. The first-order valence-corrected chi connectivity index (χ1v) is 9.79. The Morgan fingerprint density at radius 2 is 1.72 bits per heavy atom. The smallest absolute Gasteiger partial charge is 0.347 e. The normalized spacial score (nSPS) is 16.3. The molecule has 1 aliphatic rings. The number of piperidine rings is 1. The average molecular weight is 418 g/mol. The highest BCUT2D eigenvalue weighted by atomic mass is 35.5. The number of hydrogen-bond donors (Lipinski definition) is 2. The topological polar surface area (TPSA) is 87.1 Å². The van der Waals surface area contributed by atoms with Gasteiger partial charge in [-0.15, -0.1) is 0 Å². The Bertz CT molecular complexity index is 902. The van der Waals surface area contributed by atoms with Gasteiger partial charge in [0.1, 0.15) is 5.75 Å². The van der Waals surface area contributed by atoms with Crippen LogP contribution in [-0.2, 0) is 10.4 Å². The lowest BCUT2D eigenvalue weighted by molar-refractivity contribution is -0.152. The number of likely N-dealkylation sites (tertiary alicyclic amines) is 1. The molecular formula is C22H24ClNO5. The van der Waals surface area contributed by atoms with E-state index in [9.17, 15) is 19.8 Å². The summed E-state index contributed by atoms with van der Waals surface area (Å²) in [6.45, 7) is 3.75. The second-order valence-corrected chi connectivity index (χ2v) is 8.21. The first kappa shape index (κ1) is 21.1. The first-order valence-electron chi connectivity index (χ1n) is 9.41. The largest absolute Gasteiger partial charge is 0.478 e. The summed E-state index contributed by atoms with van der Waals surface area (Å²) in [4.78, 5) is 25.7. The Morgan fingerprint density at radius 1 is 1.10 bits per heavy atom. The summed E-state index contributed by atoms with van der Waals surface area (Å²) in [5.74, 6) is -0.789. The summed E-state index contributed by atoms with van der Waals surface area (Å²) in [5.41, 5.74) is -1.28. The molecule has 2 aromatic rings. The molecule has 2 N–H and O–H groups in total. The predicted octanol–water partition coefficient (Wildman–Crippen LogP) is 3.71. The number of carboxylic acid groups (broad SMARTS) is 1. The first-order chi connectivity index (χ1) is 13.6. The highest BCUT2D eigenvalue weighted by molar-refractivity contribution is 6.30. The number of aliphatic hydroxyl groups is 1. The molecule has 0 atom stereocenters. The van der Waals surface area contributed by atoms with Crippen LogP contribution in [-0.4, -0.2) is 45.7 Å². The van der Waals surface area contributed by atoms with Crippen molar-refractivity contribution in [1.29, 1.82) is 0 Å². The van der Waals surface area contributed by atoms with Crippen molar-refractivity contribution < 1.29 is 24.5 Å². The maximum absolute atomic E-state index is 12.7. The Balaban J connectivity index is 1.70. The second-order valence-electron chi connectivity index (χ2n) is 7.78. The fourth-order valence-corrected chi connectivity index (χ4v) is 3.46. The third-order valence-electron chi connectivity index (χ3n) is 5.23. The molecule has 1 fully saturated rings. The van der Waals surface area contributed by atoms with Gasteiger partial charge in [0.25, 0.3) is 5.91 Å². The number of carboxylic acids is 1. The van der Waals surface area contributed by atoms with E-state index in [1.807, 2.05) is 0 Å². The standard InChI is InChI=1S/C22H24ClNO5/c1-21(2,20(26)27)29-18-5-3-4-16(14-18)22(28)10-12-24(13-11-22)19(25)15-6-8-17(23)9-7-15/h3-9,14,28H,10-13H2,1-2H3,(H,26,27). The zero-order valence-electron chi connectivity index (χ0n) is 16.4. The molecule has 0 aliphatic carbocycles. The van der Waals surface area contributed by atoms with Crippen LogP contribution < -0.4 is 4.74 Å². The number of carbonyl (C=O) groups excluding carboxylic acids is 1. The zero-order valence-corrected chi connectivity index (χ0v) is 17.1. The van der Waals surface area contributed by atoms with Gasteiger partial charge < -0.3 is 19.8 Å². The SMILES string of the molecule is CC(C)(Oc1cccc(C2(O)CCN(C(=O)c3ccc(Cl)cc3)CC2)c1)C(=O)O. The third kappa shape index (κ3) is 4.71. The molecule has 2 aromatic carbocycles. The van der Waals surface area contributed by atoms with Gasteiger partial charge in [0.15, 0.2) is 5.60 Å². The van der Waals surface area contributed by atoms with Crippen LogP contribution in [0.4, 0.5) is 0 Å². The van der Waals surface area contributed by atoms with E-state index < -0.39 is 17.2 Å². The number of aliphatic carboxylic acids is 1. The van der Waals surface area contributed by atoms with Gasteiger partial charge in [-0.05, 0) is 68.7 Å². The van der Waals surface area contributed by atoms with Gasteiger partial charge in [-0.2, -0.15) is 0 Å². The van der Waals surface area contributed by atoms with Crippen LogP contribution >= 0.6 is 11.6 Å². The van der Waals surface area contributed by atoms with Crippen LogP contribution in [0.2, 0.25) is 5.02 Å². The van der Waals surface area contributed by atoms with Crippen LogP contribution in [0.5, 0.6) is 5.75 Å². The number of amides is 1. The molecule has 1 heterocycles. The minimum Gasteiger partial charge on any atom is -0.478 e. The molecule has 0 saturated carbocycles. The zero-order chi connectivity index (χ0) is 21.2. The van der Waals surface area contributed by atoms with E-state index in [0.717, 1.165) is 0 Å². The molecule has 1 aliphatic heterocycles. The van der Waals surface area contributed by atoms with Crippen LogP contribution in [0.15, 0.2) is 48.5 Å². The van der Waals surface area contributed by atoms with E-state index >= 15 is 0 Å². The molecular weight excluding hydrogens is 394 g/mol. The highest BCUT2D eigenvalue weighted by Gasteiger charge is 2.36. The molecule has 1 saturated heterocycles. The van der Waals surface area contributed by atoms with Gasteiger partial charge in [0.2, 0.25) is 0 Å². The van der Waals surface area contributed by atoms with Gasteiger partial charge in [0, 0.05) is 23.7 Å². The number of carbonyl (C=O) groups is 2. The maximum atomic E-state index is 12.7. The number of hydrogen-bond acceptors (Lipinski definition) is 4. The molecule has 0 aromatic heterocycles. The number of rotatable bonds is 5. The van der Waals surface area contributed by atoms with E-state index in [4.69, 9.17) is 16.3 Å². The number of ether oxygens (including phenoxy) is 1. The molecule has 1 amide bonds. The van der Waals surface area contributed by atoms with Crippen molar-refractivity contribution in [2.45, 2.75) is 37.9 Å². The lowest BCUT2D eigenvalue weighted by atomic mass is 9.84. The maximum Gasteiger partial charge on any atom is 0.347 e. The van der Waals surface area contributed by atoms with E-state index in [2.05, 4.69) is 0 Å². The number of halogens is 1. The van der Waals surface area contributed by atoms with Crippen molar-refractivity contribution in [3.63, 3.8) is 0 Å². The van der Waals surface area contributed by atoms with Crippen molar-refractivity contribution in [3.8, 4) is 5.75 Å². The molecule has 7 heteroatoms. The van der Waals surface area contributed by atoms with E-state index in [0.29, 0.717) is 47.8 Å². The van der Waals surface area contributed by atoms with Gasteiger partial charge >= 0.3 is 5.97 Å². The Hall–Kier alpha value is -2.57. The van der Waals surface area contributed by atoms with Crippen molar-refractivity contribution in [2.75, 3.05) is 13.1 Å². The predicted molar refractivity (Wildman–Crippen MR) is 109 cm³/mol. The van der Waals surface area contributed by atoms with Crippen LogP contribution in [0.3, 0.4) is 0 Å². The molecule has 0 spiro atoms. The van der Waals surface area contributed by atoms with Crippen molar-refractivity contribution in [3.05, 3.63) is 64.7 Å². The second kappa shape index (κ2) is 8.05. The van der Waals surface area contributed by atoms with Crippen molar-refractivity contribution in [2.24, 2.45) is 0 Å². The average Bonchev–Trinajstić information content (AvgIpc) is 2.68. The van der Waals surface area contributed by atoms with Crippen LogP contribution in [0.25, 0.3) is 0 Å². The minimum atomic E-state index is -1.38. The van der Waals surface area contributed by atoms with Crippen molar-refractivity contribution in [1.82, 2.24) is 4.90 Å². The fourth-order valence-electron chi connectivity index (χ4n) is 3.33. The lowest BCUT2D eigenvalue weighted by Crippen LogP contribution is -2.45. The van der Waals surface area contributed by atoms with Gasteiger partial charge in [-0.25, -0.2) is 4.79 Å². The molecule has 0 unspecified atom stereocenters. The molecule has 154 valence electrons. The van der Waals surface area contributed by atoms with Gasteiger partial charge in [-0.3, -0.25) is 4.79 Å². The van der Waals surface area contributed by atoms with E-state index in [1.54, 1.807) is 53.4 Å². The Morgan fingerprint density at radius 3 is 2.31 bits per heavy atom. The minimum absolute atomic E-state index is 0.0935. The van der Waals surface area contributed by atoms with Gasteiger partial charge in [-0.1, -0.05) is 23.7 Å². The third-order valence-corrected chi connectivity index (χ3v) is 5.48. The van der Waals surface area contributed by atoms with Crippen LogP contribution in [0.1, 0.15) is 42.6 Å². The molecule has 0 bridgehead atoms. The summed E-state index contributed by atoms with van der Waals surface area (Å²) < 4.78 is 5.58. The summed E-state index contributed by atoms with van der Waals surface area (Å²) in [6, 6.07) is 13.6. The molecule has 6 nitrogen and oxygen atoms in total. The van der Waals surface area contributed by atoms with Crippen LogP contribution in [0, 0.1) is 0 Å². The fraction of sp³-hybridized carbons (Fsp3) is 0.364. The van der Waals surface area contributed by atoms with E-state index in [1.165, 1.54) is 13.8 Å². The quantitative estimate of drug-likeness (QED) is 0.774. The van der Waals surface area contributed by atoms with E-state index in [-0.39, 0.29) is 5.91 Å². The summed E-state index contributed by atoms with van der Waals surface area (Å²) in [7, 11) is 0. The molecule has 29 heavy (non-hydrogen) atoms. The van der Waals surface area contributed by atoms with Crippen molar-refractivity contribution >= 4 is 23.5 Å². The highest BCUT2D eigenvalue weighted by Crippen LogP contribution is 2.35. The van der Waals surface area contributed by atoms with Gasteiger partial charge in [0.05, 0.1) is 5.60 Å². The molecule has 0 radical (unpaired) electrons. The summed E-state index contributed by atoms with van der Waals surface area (Å²) in [5, 5.41) is 21.0. The number of nitrogens with zero attached hydrogens (tertiary/aromatic N) is 1. The Kier molecular flexibility index (Phi) is 5.87. The number of benzene rings is 2. The monoisotopic (exact) mass is 417 g/mol. The summed E-state index contributed by atoms with van der Waals surface area (Å²) in [6.07, 6.45) is 0.746. The molecule has 3 rings (SSSR count). The Labute approximate surface area is 174 Å². The lowest BCUT2D eigenvalue weighted by Gasteiger charge is -2.38.